The van der Waals surface area contributed by atoms with Crippen LogP contribution < -0.4 is 10.0 Å². The smallest absolute Gasteiger partial charge is 0.240 e. The Hall–Kier alpha value is -1.09. The molecule has 0 aromatic heterocycles. The number of nitrogens with zero attached hydrogens (tertiary/aromatic N) is 1. The van der Waals surface area contributed by atoms with E-state index in [1.807, 2.05) is 25.3 Å². The van der Waals surface area contributed by atoms with Crippen LogP contribution >= 0.6 is 11.8 Å². The zero-order valence-corrected chi connectivity index (χ0v) is 16.6. The van der Waals surface area contributed by atoms with Crippen molar-refractivity contribution in [1.29, 1.82) is 0 Å². The lowest BCUT2D eigenvalue weighted by Gasteiger charge is -2.14. The molecule has 0 unspecified atom stereocenters. The minimum atomic E-state index is -3.59. The standard InChI is InChI=1S/C16H27N3O3S2/c1-12(2)16(20)18-14-11-13(7-8-15(14)23-5)24(21,22)17-9-6-10-19(3)4/h7-8,11-12,17H,6,9-10H2,1-5H3,(H,18,20). The maximum Gasteiger partial charge on any atom is 0.240 e. The molecule has 0 aliphatic rings. The second-order valence-corrected chi connectivity index (χ2v) is 8.68. The summed E-state index contributed by atoms with van der Waals surface area (Å²) in [5.74, 6) is -0.317. The van der Waals surface area contributed by atoms with Gasteiger partial charge < -0.3 is 10.2 Å². The summed E-state index contributed by atoms with van der Waals surface area (Å²) in [6.45, 7) is 4.77. The van der Waals surface area contributed by atoms with Gasteiger partial charge in [0, 0.05) is 17.4 Å². The number of amides is 1. The Morgan fingerprint density at radius 1 is 1.29 bits per heavy atom. The van der Waals surface area contributed by atoms with Crippen LogP contribution in [0, 0.1) is 5.92 Å². The van der Waals surface area contributed by atoms with Crippen molar-refractivity contribution in [2.75, 3.05) is 38.8 Å². The topological polar surface area (TPSA) is 78.5 Å². The van der Waals surface area contributed by atoms with Gasteiger partial charge in [0.2, 0.25) is 15.9 Å². The van der Waals surface area contributed by atoms with E-state index in [2.05, 4.69) is 10.0 Å². The molecule has 0 aliphatic heterocycles. The lowest BCUT2D eigenvalue weighted by molar-refractivity contribution is -0.118. The van der Waals surface area contributed by atoms with Gasteiger partial charge in [-0.1, -0.05) is 13.8 Å². The maximum atomic E-state index is 12.4. The average Bonchev–Trinajstić information content (AvgIpc) is 2.51. The zero-order valence-electron chi connectivity index (χ0n) is 14.9. The Bertz CT molecular complexity index is 659. The van der Waals surface area contributed by atoms with Crippen molar-refractivity contribution in [3.63, 3.8) is 0 Å². The largest absolute Gasteiger partial charge is 0.325 e. The number of sulfonamides is 1. The van der Waals surface area contributed by atoms with E-state index < -0.39 is 10.0 Å². The van der Waals surface area contributed by atoms with E-state index in [9.17, 15) is 13.2 Å². The van der Waals surface area contributed by atoms with Gasteiger partial charge in [0.15, 0.2) is 0 Å². The van der Waals surface area contributed by atoms with E-state index in [4.69, 9.17) is 0 Å². The predicted molar refractivity (Wildman–Crippen MR) is 100 cm³/mol. The van der Waals surface area contributed by atoms with Crippen molar-refractivity contribution in [2.45, 2.75) is 30.1 Å². The summed E-state index contributed by atoms with van der Waals surface area (Å²) in [5.41, 5.74) is 0.525. The van der Waals surface area contributed by atoms with Crippen LogP contribution in [-0.4, -0.2) is 52.7 Å². The molecule has 0 saturated heterocycles. The maximum absolute atomic E-state index is 12.4. The quantitative estimate of drug-likeness (QED) is 0.513. The molecule has 1 aromatic rings. The van der Waals surface area contributed by atoms with E-state index in [1.165, 1.54) is 17.8 Å². The molecule has 0 heterocycles. The van der Waals surface area contributed by atoms with Gasteiger partial charge in [0.25, 0.3) is 0 Å². The van der Waals surface area contributed by atoms with Crippen molar-refractivity contribution >= 4 is 33.4 Å². The van der Waals surface area contributed by atoms with Crippen molar-refractivity contribution in [3.8, 4) is 0 Å². The summed E-state index contributed by atoms with van der Waals surface area (Å²) in [6, 6.07) is 4.79. The molecule has 0 radical (unpaired) electrons. The van der Waals surface area contributed by atoms with Crippen LogP contribution in [-0.2, 0) is 14.8 Å². The summed E-state index contributed by atoms with van der Waals surface area (Å²) in [7, 11) is 0.297. The predicted octanol–water partition coefficient (Wildman–Crippen LogP) is 2.23. The van der Waals surface area contributed by atoms with E-state index >= 15 is 0 Å². The fraction of sp³-hybridized carbons (Fsp3) is 0.562. The molecule has 0 bridgehead atoms. The number of rotatable bonds is 9. The van der Waals surface area contributed by atoms with Gasteiger partial charge >= 0.3 is 0 Å². The number of anilines is 1. The van der Waals surface area contributed by atoms with E-state index in [-0.39, 0.29) is 16.7 Å². The van der Waals surface area contributed by atoms with Crippen molar-refractivity contribution in [3.05, 3.63) is 18.2 Å². The molecule has 6 nitrogen and oxygen atoms in total. The van der Waals surface area contributed by atoms with Crippen LogP contribution in [0.2, 0.25) is 0 Å². The zero-order chi connectivity index (χ0) is 18.3. The molecule has 1 aromatic carbocycles. The Labute approximate surface area is 149 Å². The summed E-state index contributed by atoms with van der Waals surface area (Å²) in [6.07, 6.45) is 2.61. The Kier molecular flexibility index (Phi) is 8.21. The Morgan fingerprint density at radius 3 is 2.50 bits per heavy atom. The summed E-state index contributed by atoms with van der Waals surface area (Å²) in [5, 5.41) is 2.80. The number of hydrogen-bond donors (Lipinski definition) is 2. The highest BCUT2D eigenvalue weighted by molar-refractivity contribution is 7.98. The molecule has 1 amide bonds. The van der Waals surface area contributed by atoms with E-state index in [0.717, 1.165) is 17.9 Å². The van der Waals surface area contributed by atoms with Crippen molar-refractivity contribution in [2.24, 2.45) is 5.92 Å². The van der Waals surface area contributed by atoms with Crippen LogP contribution in [0.25, 0.3) is 0 Å². The molecule has 0 aliphatic carbocycles. The molecule has 8 heteroatoms. The molecule has 24 heavy (non-hydrogen) atoms. The first kappa shape index (κ1) is 21.0. The molecule has 0 saturated carbocycles. The third-order valence-electron chi connectivity index (χ3n) is 3.34. The first-order chi connectivity index (χ1) is 11.2. The Balaban J connectivity index is 2.92. The van der Waals surface area contributed by atoms with Crippen LogP contribution in [0.5, 0.6) is 0 Å². The number of carbonyl (C=O) groups excluding carboxylic acids is 1. The summed E-state index contributed by atoms with van der Waals surface area (Å²) >= 11 is 1.46. The third-order valence-corrected chi connectivity index (χ3v) is 5.59. The molecule has 136 valence electrons. The summed E-state index contributed by atoms with van der Waals surface area (Å²) < 4.78 is 27.4. The van der Waals surface area contributed by atoms with Gasteiger partial charge in [-0.2, -0.15) is 0 Å². The molecule has 0 atom stereocenters. The first-order valence-electron chi connectivity index (χ1n) is 7.80. The fourth-order valence-electron chi connectivity index (χ4n) is 1.91. The molecule has 0 fully saturated rings. The van der Waals surface area contributed by atoms with Crippen LogP contribution in [0.1, 0.15) is 20.3 Å². The van der Waals surface area contributed by atoms with Gasteiger partial charge in [-0.15, -0.1) is 11.8 Å². The van der Waals surface area contributed by atoms with E-state index in [0.29, 0.717) is 12.2 Å². The first-order valence-corrected chi connectivity index (χ1v) is 10.5. The third kappa shape index (κ3) is 6.43. The van der Waals surface area contributed by atoms with Crippen LogP contribution in [0.15, 0.2) is 28.0 Å². The lowest BCUT2D eigenvalue weighted by atomic mass is 10.2. The van der Waals surface area contributed by atoms with Crippen LogP contribution in [0.4, 0.5) is 5.69 Å². The highest BCUT2D eigenvalue weighted by atomic mass is 32.2. The number of benzene rings is 1. The summed E-state index contributed by atoms with van der Waals surface area (Å²) in [4.78, 5) is 14.9. The SMILES string of the molecule is CSc1ccc(S(=O)(=O)NCCCN(C)C)cc1NC(=O)C(C)C. The normalized spacial score (nSPS) is 12.0. The molecular weight excluding hydrogens is 346 g/mol. The van der Waals surface area contributed by atoms with Gasteiger partial charge in [0.1, 0.15) is 0 Å². The highest BCUT2D eigenvalue weighted by Crippen LogP contribution is 2.28. The van der Waals surface area contributed by atoms with Crippen molar-refractivity contribution in [1.82, 2.24) is 9.62 Å². The van der Waals surface area contributed by atoms with Gasteiger partial charge in [-0.3, -0.25) is 4.79 Å². The molecule has 0 spiro atoms. The minimum absolute atomic E-state index is 0.140. The van der Waals surface area contributed by atoms with Crippen LogP contribution in [0.3, 0.4) is 0 Å². The lowest BCUT2D eigenvalue weighted by Crippen LogP contribution is -2.27. The number of thioether (sulfide) groups is 1. The average molecular weight is 374 g/mol. The molecule has 2 N–H and O–H groups in total. The Morgan fingerprint density at radius 2 is 1.96 bits per heavy atom. The van der Waals surface area contributed by atoms with Gasteiger partial charge in [0.05, 0.1) is 10.6 Å². The monoisotopic (exact) mass is 373 g/mol. The molecular formula is C16H27N3O3S2. The number of carbonyl (C=O) groups is 1. The van der Waals surface area contributed by atoms with Gasteiger partial charge in [-0.25, -0.2) is 13.1 Å². The number of hydrogen-bond acceptors (Lipinski definition) is 5. The second kappa shape index (κ2) is 9.41. The van der Waals surface area contributed by atoms with Gasteiger partial charge in [-0.05, 0) is 51.5 Å². The van der Waals surface area contributed by atoms with E-state index in [1.54, 1.807) is 26.0 Å². The second-order valence-electron chi connectivity index (χ2n) is 6.06. The number of nitrogens with one attached hydrogen (secondary N) is 2. The molecule has 1 rings (SSSR count). The fourth-order valence-corrected chi connectivity index (χ4v) is 3.55. The van der Waals surface area contributed by atoms with Crippen molar-refractivity contribution < 1.29 is 13.2 Å². The minimum Gasteiger partial charge on any atom is -0.325 e. The highest BCUT2D eigenvalue weighted by Gasteiger charge is 2.17.